The van der Waals surface area contributed by atoms with Crippen LogP contribution in [0.2, 0.25) is 0 Å². The molecule has 1 atom stereocenters. The van der Waals surface area contributed by atoms with Crippen molar-refractivity contribution < 1.29 is 9.59 Å². The van der Waals surface area contributed by atoms with Gasteiger partial charge in [-0.25, -0.2) is 0 Å². The van der Waals surface area contributed by atoms with Crippen LogP contribution in [0.4, 0.5) is 0 Å². The zero-order valence-electron chi connectivity index (χ0n) is 15.6. The summed E-state index contributed by atoms with van der Waals surface area (Å²) < 4.78 is 0. The molecule has 0 aromatic heterocycles. The Morgan fingerprint density at radius 1 is 1.00 bits per heavy atom. The molecule has 0 aliphatic carbocycles. The lowest BCUT2D eigenvalue weighted by Gasteiger charge is -2.36. The van der Waals surface area contributed by atoms with E-state index >= 15 is 0 Å². The first kappa shape index (κ1) is 20.5. The zero-order chi connectivity index (χ0) is 18.1. The quantitative estimate of drug-likeness (QED) is 0.449. The third-order valence-corrected chi connectivity index (χ3v) is 5.72. The fourth-order valence-corrected chi connectivity index (χ4v) is 3.99. The van der Waals surface area contributed by atoms with Crippen LogP contribution in [0.3, 0.4) is 0 Å². The van der Waals surface area contributed by atoms with Crippen LogP contribution in [0.1, 0.15) is 57.8 Å². The van der Waals surface area contributed by atoms with Crippen LogP contribution < -0.4 is 11.5 Å². The van der Waals surface area contributed by atoms with E-state index in [1.807, 2.05) is 0 Å². The van der Waals surface area contributed by atoms with E-state index in [0.29, 0.717) is 24.7 Å². The second-order valence-corrected chi connectivity index (χ2v) is 7.74. The lowest BCUT2D eigenvalue weighted by Crippen LogP contribution is -2.48. The number of nitrogens with two attached hydrogens (primary N) is 2. The van der Waals surface area contributed by atoms with Crippen LogP contribution in [0.15, 0.2) is 0 Å². The standard InChI is InChI=1S/C19H36N4O2/c20-16-6-11-22(12-7-16)10-3-5-19(25)18(4-1-2-15-24)23-13-8-17(21)9-14-23/h15-18H,1-14,20-21H2. The number of aldehydes is 1. The minimum absolute atomic E-state index is 0.0257. The molecular weight excluding hydrogens is 316 g/mol. The van der Waals surface area contributed by atoms with Gasteiger partial charge in [-0.05, 0) is 64.6 Å². The van der Waals surface area contributed by atoms with Gasteiger partial charge in [0, 0.05) is 38.0 Å². The van der Waals surface area contributed by atoms with E-state index in [-0.39, 0.29) is 12.1 Å². The molecular formula is C19H36N4O2. The largest absolute Gasteiger partial charge is 0.328 e. The molecule has 2 aliphatic heterocycles. The maximum absolute atomic E-state index is 12.8. The number of unbranched alkanes of at least 4 members (excludes halogenated alkanes) is 1. The Balaban J connectivity index is 1.76. The molecule has 25 heavy (non-hydrogen) atoms. The second kappa shape index (κ2) is 11.0. The van der Waals surface area contributed by atoms with E-state index < -0.39 is 0 Å². The van der Waals surface area contributed by atoms with Crippen molar-refractivity contribution in [2.75, 3.05) is 32.7 Å². The molecule has 4 N–H and O–H groups in total. The predicted octanol–water partition coefficient (Wildman–Crippen LogP) is 0.920. The molecule has 0 aromatic rings. The minimum atomic E-state index is -0.0257. The van der Waals surface area contributed by atoms with Crippen LogP contribution in [0, 0.1) is 0 Å². The topological polar surface area (TPSA) is 92.7 Å². The molecule has 2 heterocycles. The fraction of sp³-hybridized carbons (Fsp3) is 0.895. The average molecular weight is 353 g/mol. The first-order chi connectivity index (χ1) is 12.1. The van der Waals surface area contributed by atoms with Crippen LogP contribution in [-0.4, -0.2) is 72.7 Å². The van der Waals surface area contributed by atoms with Crippen molar-refractivity contribution >= 4 is 12.1 Å². The van der Waals surface area contributed by atoms with Gasteiger partial charge in [0.25, 0.3) is 0 Å². The normalized spacial score (nSPS) is 22.8. The summed E-state index contributed by atoms with van der Waals surface area (Å²) in [5, 5.41) is 0. The first-order valence-electron chi connectivity index (χ1n) is 10.0. The van der Waals surface area contributed by atoms with Crippen molar-refractivity contribution in [2.45, 2.75) is 75.9 Å². The number of piperidine rings is 2. The van der Waals surface area contributed by atoms with Gasteiger partial charge in [0.15, 0.2) is 0 Å². The Morgan fingerprint density at radius 3 is 2.20 bits per heavy atom. The van der Waals surface area contributed by atoms with E-state index in [9.17, 15) is 9.59 Å². The summed E-state index contributed by atoms with van der Waals surface area (Å²) in [6, 6.07) is 0.597. The van der Waals surface area contributed by atoms with E-state index in [4.69, 9.17) is 11.5 Å². The molecule has 144 valence electrons. The predicted molar refractivity (Wildman–Crippen MR) is 100 cm³/mol. The Labute approximate surface area is 152 Å². The van der Waals surface area contributed by atoms with Gasteiger partial charge in [-0.2, -0.15) is 0 Å². The number of ketones is 1. The monoisotopic (exact) mass is 352 g/mol. The molecule has 2 saturated heterocycles. The summed E-state index contributed by atoms with van der Waals surface area (Å²) in [6.45, 7) is 4.92. The van der Waals surface area contributed by atoms with Gasteiger partial charge in [-0.3, -0.25) is 9.69 Å². The van der Waals surface area contributed by atoms with Gasteiger partial charge in [-0.15, -0.1) is 0 Å². The molecule has 1 unspecified atom stereocenters. The number of carbonyl (C=O) groups is 2. The first-order valence-corrected chi connectivity index (χ1v) is 10.0. The Kier molecular flexibility index (Phi) is 9.03. The van der Waals surface area contributed by atoms with Crippen molar-refractivity contribution in [1.82, 2.24) is 9.80 Å². The second-order valence-electron chi connectivity index (χ2n) is 7.74. The number of carbonyl (C=O) groups excluding carboxylic acids is 2. The van der Waals surface area contributed by atoms with Crippen molar-refractivity contribution in [3.63, 3.8) is 0 Å². The molecule has 0 spiro atoms. The highest BCUT2D eigenvalue weighted by Gasteiger charge is 2.28. The van der Waals surface area contributed by atoms with Gasteiger partial charge in [0.2, 0.25) is 0 Å². The van der Waals surface area contributed by atoms with E-state index in [2.05, 4.69) is 9.80 Å². The minimum Gasteiger partial charge on any atom is -0.328 e. The van der Waals surface area contributed by atoms with E-state index in [0.717, 1.165) is 84.0 Å². The van der Waals surface area contributed by atoms with Crippen molar-refractivity contribution in [2.24, 2.45) is 11.5 Å². The summed E-state index contributed by atoms with van der Waals surface area (Å²) in [5.74, 6) is 0.343. The fourth-order valence-electron chi connectivity index (χ4n) is 3.99. The number of likely N-dealkylation sites (tertiary alicyclic amines) is 2. The molecule has 2 fully saturated rings. The molecule has 2 rings (SSSR count). The Hall–Kier alpha value is -0.820. The van der Waals surface area contributed by atoms with Gasteiger partial charge >= 0.3 is 0 Å². The molecule has 0 saturated carbocycles. The number of nitrogens with zero attached hydrogens (tertiary/aromatic N) is 2. The highest BCUT2D eigenvalue weighted by molar-refractivity contribution is 5.84. The molecule has 0 aromatic carbocycles. The van der Waals surface area contributed by atoms with Crippen molar-refractivity contribution in [1.29, 1.82) is 0 Å². The summed E-state index contributed by atoms with van der Waals surface area (Å²) in [7, 11) is 0. The zero-order valence-corrected chi connectivity index (χ0v) is 15.6. The Bertz CT molecular complexity index is 402. The highest BCUT2D eigenvalue weighted by Crippen LogP contribution is 2.18. The molecule has 6 nitrogen and oxygen atoms in total. The smallest absolute Gasteiger partial charge is 0.150 e. The SMILES string of the molecule is NC1CCN(CCCC(=O)C(CCCC=O)N2CCC(N)CC2)CC1. The number of hydrogen-bond acceptors (Lipinski definition) is 6. The summed E-state index contributed by atoms with van der Waals surface area (Å²) in [6.07, 6.45) is 8.71. The molecule has 0 radical (unpaired) electrons. The average Bonchev–Trinajstić information content (AvgIpc) is 2.61. The number of Topliss-reactive ketones (excluding diaryl/α,β-unsaturated/α-hetero) is 1. The lowest BCUT2D eigenvalue weighted by atomic mass is 9.96. The van der Waals surface area contributed by atoms with E-state index in [1.54, 1.807) is 0 Å². The van der Waals surface area contributed by atoms with Crippen LogP contribution >= 0.6 is 0 Å². The van der Waals surface area contributed by atoms with E-state index in [1.165, 1.54) is 0 Å². The number of rotatable bonds is 10. The molecule has 0 bridgehead atoms. The Morgan fingerprint density at radius 2 is 1.60 bits per heavy atom. The van der Waals surface area contributed by atoms with Gasteiger partial charge < -0.3 is 21.2 Å². The van der Waals surface area contributed by atoms with Crippen molar-refractivity contribution in [3.8, 4) is 0 Å². The van der Waals surface area contributed by atoms with Gasteiger partial charge in [-0.1, -0.05) is 0 Å². The van der Waals surface area contributed by atoms with Crippen LogP contribution in [-0.2, 0) is 9.59 Å². The van der Waals surface area contributed by atoms with Crippen molar-refractivity contribution in [3.05, 3.63) is 0 Å². The van der Waals surface area contributed by atoms with Crippen LogP contribution in [0.25, 0.3) is 0 Å². The van der Waals surface area contributed by atoms with Crippen LogP contribution in [0.5, 0.6) is 0 Å². The van der Waals surface area contributed by atoms with Gasteiger partial charge in [0.1, 0.15) is 12.1 Å². The third kappa shape index (κ3) is 7.13. The summed E-state index contributed by atoms with van der Waals surface area (Å²) in [5.41, 5.74) is 11.9. The maximum Gasteiger partial charge on any atom is 0.150 e. The summed E-state index contributed by atoms with van der Waals surface area (Å²) >= 11 is 0. The summed E-state index contributed by atoms with van der Waals surface area (Å²) in [4.78, 5) is 28.2. The highest BCUT2D eigenvalue weighted by atomic mass is 16.1. The molecule has 6 heteroatoms. The number of hydrogen-bond donors (Lipinski definition) is 2. The third-order valence-electron chi connectivity index (χ3n) is 5.72. The molecule has 2 aliphatic rings. The van der Waals surface area contributed by atoms with Gasteiger partial charge in [0.05, 0.1) is 6.04 Å². The lowest BCUT2D eigenvalue weighted by molar-refractivity contribution is -0.125. The maximum atomic E-state index is 12.8. The molecule has 0 amide bonds.